The fraction of sp³-hybridized carbons (Fsp3) is 0.222. The summed E-state index contributed by atoms with van der Waals surface area (Å²) in [5.74, 6) is -0.742. The molecule has 0 aliphatic carbocycles. The van der Waals surface area contributed by atoms with Crippen LogP contribution in [-0.4, -0.2) is 24.2 Å². The Bertz CT molecular complexity index is 1280. The molecule has 192 valence electrons. The number of nitrogens with zero attached hydrogens (tertiary/aromatic N) is 3. The van der Waals surface area contributed by atoms with Gasteiger partial charge in [-0.25, -0.2) is 4.79 Å². The second kappa shape index (κ2) is 12.2. The molecular formula is C27H31N7O2S. The summed E-state index contributed by atoms with van der Waals surface area (Å²) in [5.41, 5.74) is 16.0. The molecule has 0 radical (unpaired) electrons. The van der Waals surface area contributed by atoms with Gasteiger partial charge in [-0.15, -0.1) is 11.8 Å². The Labute approximate surface area is 221 Å². The fourth-order valence-corrected chi connectivity index (χ4v) is 3.98. The van der Waals surface area contributed by atoms with Crippen LogP contribution in [0.4, 0.5) is 16.2 Å². The maximum Gasteiger partial charge on any atom is 0.326 e. The standard InChI is InChI=1S/C27H31N7O2S/c1-27(2,3)20-12-14-22(15-13-20)34(26(36)30-21-6-5-7-23(16-21)37-4)17-18-8-10-19(11-9-18)24(35)31-25(28)32-33-29/h5-16H,17H2,1-4H3,(H,30,36)(H4,28,29,31,32,35). The minimum absolute atomic E-state index is 0.0108. The molecule has 3 rings (SSSR count). The molecule has 0 saturated carbocycles. The van der Waals surface area contributed by atoms with E-state index in [0.717, 1.165) is 16.1 Å². The van der Waals surface area contributed by atoms with E-state index in [2.05, 4.69) is 41.7 Å². The van der Waals surface area contributed by atoms with Crippen LogP contribution in [0.25, 0.3) is 0 Å². The number of amides is 3. The highest BCUT2D eigenvalue weighted by Gasteiger charge is 2.19. The van der Waals surface area contributed by atoms with Crippen LogP contribution in [0, 0.1) is 5.53 Å². The first-order valence-corrected chi connectivity index (χ1v) is 12.8. The highest BCUT2D eigenvalue weighted by Crippen LogP contribution is 2.27. The molecule has 0 aliphatic rings. The average Bonchev–Trinajstić information content (AvgIpc) is 2.87. The Hall–Kier alpha value is -4.18. The predicted molar refractivity (Wildman–Crippen MR) is 149 cm³/mol. The number of carbonyl (C=O) groups excluding carboxylic acids is 2. The molecule has 5 N–H and O–H groups in total. The van der Waals surface area contributed by atoms with Crippen LogP contribution in [0.3, 0.4) is 0 Å². The lowest BCUT2D eigenvalue weighted by Crippen LogP contribution is -2.36. The maximum atomic E-state index is 13.4. The molecule has 0 spiro atoms. The van der Waals surface area contributed by atoms with Crippen molar-refractivity contribution in [3.05, 3.63) is 89.5 Å². The van der Waals surface area contributed by atoms with E-state index in [1.165, 1.54) is 5.56 Å². The quantitative estimate of drug-likeness (QED) is 0.101. The van der Waals surface area contributed by atoms with Gasteiger partial charge in [0.1, 0.15) is 0 Å². The molecule has 3 aromatic rings. The zero-order chi connectivity index (χ0) is 27.0. The van der Waals surface area contributed by atoms with Crippen molar-refractivity contribution in [3.8, 4) is 0 Å². The number of benzene rings is 3. The molecule has 0 bridgehead atoms. The van der Waals surface area contributed by atoms with Crippen molar-refractivity contribution >= 4 is 41.0 Å². The lowest BCUT2D eigenvalue weighted by atomic mass is 9.87. The number of urea groups is 1. The van der Waals surface area contributed by atoms with Gasteiger partial charge in [0.25, 0.3) is 5.91 Å². The van der Waals surface area contributed by atoms with Crippen molar-refractivity contribution in [2.24, 2.45) is 16.1 Å². The summed E-state index contributed by atoms with van der Waals surface area (Å²) in [5, 5.41) is 11.4. The molecule has 0 fully saturated rings. The van der Waals surface area contributed by atoms with E-state index in [-0.39, 0.29) is 24.0 Å². The van der Waals surface area contributed by atoms with Crippen molar-refractivity contribution < 1.29 is 9.59 Å². The minimum Gasteiger partial charge on any atom is -0.368 e. The number of guanidine groups is 1. The van der Waals surface area contributed by atoms with Gasteiger partial charge in [-0.2, -0.15) is 5.53 Å². The smallest absolute Gasteiger partial charge is 0.326 e. The van der Waals surface area contributed by atoms with Crippen molar-refractivity contribution in [1.82, 2.24) is 5.32 Å². The van der Waals surface area contributed by atoms with Gasteiger partial charge in [0.05, 0.1) is 6.54 Å². The van der Waals surface area contributed by atoms with Gasteiger partial charge in [-0.05, 0) is 70.5 Å². The van der Waals surface area contributed by atoms with E-state index in [1.807, 2.05) is 54.8 Å². The molecule has 9 nitrogen and oxygen atoms in total. The zero-order valence-electron chi connectivity index (χ0n) is 21.3. The third-order valence-electron chi connectivity index (χ3n) is 5.57. The summed E-state index contributed by atoms with van der Waals surface area (Å²) in [6.07, 6.45) is 1.99. The topological polar surface area (TPSA) is 136 Å². The molecule has 0 saturated heterocycles. The van der Waals surface area contributed by atoms with Gasteiger partial charge in [0.2, 0.25) is 5.96 Å². The molecular weight excluding hydrogens is 486 g/mol. The van der Waals surface area contributed by atoms with E-state index in [1.54, 1.807) is 40.9 Å². The number of nitrogens with two attached hydrogens (primary N) is 1. The van der Waals surface area contributed by atoms with Crippen molar-refractivity contribution in [2.45, 2.75) is 37.6 Å². The number of carbonyl (C=O) groups is 2. The van der Waals surface area contributed by atoms with Crippen LogP contribution in [0.2, 0.25) is 0 Å². The van der Waals surface area contributed by atoms with Gasteiger partial charge in [0, 0.05) is 21.8 Å². The zero-order valence-corrected chi connectivity index (χ0v) is 22.1. The number of nitrogens with one attached hydrogen (secondary N) is 3. The third kappa shape index (κ3) is 7.65. The Morgan fingerprint density at radius 3 is 2.30 bits per heavy atom. The van der Waals surface area contributed by atoms with Gasteiger partial charge < -0.3 is 11.1 Å². The first-order chi connectivity index (χ1) is 17.6. The number of thioether (sulfide) groups is 1. The van der Waals surface area contributed by atoms with Gasteiger partial charge in [-0.1, -0.05) is 56.2 Å². The second-order valence-electron chi connectivity index (χ2n) is 9.28. The highest BCUT2D eigenvalue weighted by molar-refractivity contribution is 7.98. The molecule has 3 amide bonds. The first kappa shape index (κ1) is 27.4. The van der Waals surface area contributed by atoms with Crippen molar-refractivity contribution in [3.63, 3.8) is 0 Å². The molecule has 3 aromatic carbocycles. The minimum atomic E-state index is -0.475. The Balaban J connectivity index is 1.86. The number of hydrogen-bond donors (Lipinski definition) is 4. The summed E-state index contributed by atoms with van der Waals surface area (Å²) >= 11 is 1.60. The van der Waals surface area contributed by atoms with Gasteiger partial charge in [0.15, 0.2) is 0 Å². The lowest BCUT2D eigenvalue weighted by Gasteiger charge is -2.25. The second-order valence-corrected chi connectivity index (χ2v) is 10.2. The number of rotatable bonds is 7. The Morgan fingerprint density at radius 1 is 1.03 bits per heavy atom. The van der Waals surface area contributed by atoms with E-state index >= 15 is 0 Å². The molecule has 0 atom stereocenters. The van der Waals surface area contributed by atoms with E-state index in [0.29, 0.717) is 11.3 Å². The molecule has 37 heavy (non-hydrogen) atoms. The molecule has 0 unspecified atom stereocenters. The molecule has 0 heterocycles. The van der Waals surface area contributed by atoms with Gasteiger partial charge in [-0.3, -0.25) is 15.0 Å². The molecule has 0 aliphatic heterocycles. The summed E-state index contributed by atoms with van der Waals surface area (Å²) < 4.78 is 0. The summed E-state index contributed by atoms with van der Waals surface area (Å²) in [4.78, 5) is 28.5. The molecule has 0 aromatic heterocycles. The Morgan fingerprint density at radius 2 is 1.70 bits per heavy atom. The average molecular weight is 518 g/mol. The number of anilines is 2. The Kier molecular flexibility index (Phi) is 9.02. The van der Waals surface area contributed by atoms with E-state index in [9.17, 15) is 9.59 Å². The maximum absolute atomic E-state index is 13.4. The van der Waals surface area contributed by atoms with E-state index < -0.39 is 5.91 Å². The summed E-state index contributed by atoms with van der Waals surface area (Å²) in [6, 6.07) is 22.2. The largest absolute Gasteiger partial charge is 0.368 e. The first-order valence-electron chi connectivity index (χ1n) is 11.5. The van der Waals surface area contributed by atoms with Crippen molar-refractivity contribution in [2.75, 3.05) is 16.5 Å². The number of hydrogen-bond acceptors (Lipinski definition) is 5. The normalized spacial score (nSPS) is 11.5. The van der Waals surface area contributed by atoms with Gasteiger partial charge >= 0.3 is 6.03 Å². The summed E-state index contributed by atoms with van der Waals surface area (Å²) in [7, 11) is 0. The fourth-order valence-electron chi connectivity index (χ4n) is 3.52. The monoisotopic (exact) mass is 517 g/mol. The van der Waals surface area contributed by atoms with Crippen LogP contribution >= 0.6 is 11.8 Å². The predicted octanol–water partition coefficient (Wildman–Crippen LogP) is 5.94. The van der Waals surface area contributed by atoms with Crippen LogP contribution < -0.4 is 21.3 Å². The highest BCUT2D eigenvalue weighted by atomic mass is 32.2. The van der Waals surface area contributed by atoms with Crippen LogP contribution in [0.15, 0.2) is 88.0 Å². The third-order valence-corrected chi connectivity index (χ3v) is 6.29. The van der Waals surface area contributed by atoms with Crippen LogP contribution in [0.1, 0.15) is 42.3 Å². The lowest BCUT2D eigenvalue weighted by molar-refractivity contribution is 0.0976. The summed E-state index contributed by atoms with van der Waals surface area (Å²) in [6.45, 7) is 6.71. The molecule has 10 heteroatoms. The van der Waals surface area contributed by atoms with Crippen LogP contribution in [0.5, 0.6) is 0 Å². The van der Waals surface area contributed by atoms with Crippen molar-refractivity contribution in [1.29, 1.82) is 5.53 Å². The van der Waals surface area contributed by atoms with Crippen LogP contribution in [-0.2, 0) is 12.0 Å². The van der Waals surface area contributed by atoms with E-state index in [4.69, 9.17) is 11.3 Å². The SMILES string of the molecule is CSc1cccc(NC(=O)N(Cc2ccc(C(=O)NC(N)=NN=N)cc2)c2ccc(C(C)(C)C)cc2)c1.